The maximum atomic E-state index is 2.82. The summed E-state index contributed by atoms with van der Waals surface area (Å²) in [5.74, 6) is 3.41. The number of hydrogen-bond donors (Lipinski definition) is 0. The zero-order chi connectivity index (χ0) is 9.05. The van der Waals surface area contributed by atoms with E-state index in [9.17, 15) is 0 Å². The molecule has 1 nitrogen and oxygen atoms in total. The molecule has 4 saturated carbocycles. The molecule has 4 rings (SSSR count). The van der Waals surface area contributed by atoms with Gasteiger partial charge in [-0.3, -0.25) is 0 Å². The van der Waals surface area contributed by atoms with Crippen molar-refractivity contribution in [1.29, 1.82) is 0 Å². The van der Waals surface area contributed by atoms with Crippen LogP contribution in [-0.2, 0) is 0 Å². The molecule has 0 amide bonds. The highest BCUT2D eigenvalue weighted by molar-refractivity contribution is 6.25. The predicted octanol–water partition coefficient (Wildman–Crippen LogP) is -0.182. The van der Waals surface area contributed by atoms with E-state index >= 15 is 0 Å². The Hall–Kier alpha value is 0.394. The van der Waals surface area contributed by atoms with Crippen LogP contribution in [0.5, 0.6) is 0 Å². The van der Waals surface area contributed by atoms with Crippen LogP contribution in [0.15, 0.2) is 0 Å². The highest BCUT2D eigenvalue weighted by Crippen LogP contribution is 2.56. The lowest BCUT2D eigenvalue weighted by Crippen LogP contribution is -2.58. The first kappa shape index (κ1) is 8.68. The third-order valence-corrected chi connectivity index (χ3v) is 6.85. The van der Waals surface area contributed by atoms with Gasteiger partial charge in [0.05, 0.1) is 20.8 Å². The Kier molecular flexibility index (Phi) is 1.81. The van der Waals surface area contributed by atoms with Gasteiger partial charge in [-0.05, 0) is 56.3 Å². The number of hydrogen-bond acceptors (Lipinski definition) is 1. The second-order valence-corrected chi connectivity index (χ2v) is 10.5. The lowest BCUT2D eigenvalue weighted by atomic mass is 9.53. The summed E-state index contributed by atoms with van der Waals surface area (Å²) >= 11 is 0. The molecule has 0 unspecified atom stereocenters. The Morgan fingerprint density at radius 2 is 1.23 bits per heavy atom. The summed E-state index contributed by atoms with van der Waals surface area (Å²) in [6, 6.07) is 0. The molecule has 0 atom stereocenters. The van der Waals surface area contributed by atoms with E-state index in [1.807, 2.05) is 0 Å². The number of nitrogens with zero attached hydrogens (tertiary/aromatic N) is 1. The zero-order valence-corrected chi connectivity index (χ0v) is 12.9. The first-order chi connectivity index (χ1) is 6.18. The SMILES string of the molecule is [SiH3]N([SiH3])C12CC3CC(CC(C3)C1)C2. The minimum atomic E-state index is 0.757. The van der Waals surface area contributed by atoms with Crippen LogP contribution in [0.1, 0.15) is 38.5 Å². The van der Waals surface area contributed by atoms with Gasteiger partial charge < -0.3 is 4.23 Å². The van der Waals surface area contributed by atoms with Crippen LogP contribution in [0, 0.1) is 17.8 Å². The Morgan fingerprint density at radius 1 is 0.846 bits per heavy atom. The summed E-state index contributed by atoms with van der Waals surface area (Å²) in [6.45, 7) is 0. The second-order valence-electron chi connectivity index (χ2n) is 6.04. The van der Waals surface area contributed by atoms with Crippen LogP contribution in [0.3, 0.4) is 0 Å². The molecule has 3 heteroatoms. The summed E-state index contributed by atoms with van der Waals surface area (Å²) < 4.78 is 2.82. The van der Waals surface area contributed by atoms with Crippen molar-refractivity contribution >= 4 is 20.8 Å². The molecule has 4 aliphatic carbocycles. The highest BCUT2D eigenvalue weighted by atomic mass is 28.2. The van der Waals surface area contributed by atoms with Gasteiger partial charge in [0.1, 0.15) is 0 Å². The number of rotatable bonds is 1. The van der Waals surface area contributed by atoms with Crippen molar-refractivity contribution in [2.24, 2.45) is 17.8 Å². The lowest BCUT2D eigenvalue weighted by molar-refractivity contribution is -0.0342. The molecule has 0 aromatic carbocycles. The van der Waals surface area contributed by atoms with E-state index in [-0.39, 0.29) is 0 Å². The van der Waals surface area contributed by atoms with E-state index in [2.05, 4.69) is 4.23 Å². The van der Waals surface area contributed by atoms with E-state index in [1.54, 1.807) is 38.5 Å². The maximum absolute atomic E-state index is 2.82. The lowest BCUT2D eigenvalue weighted by Gasteiger charge is -2.59. The van der Waals surface area contributed by atoms with Crippen LogP contribution in [-0.4, -0.2) is 30.6 Å². The monoisotopic (exact) mass is 211 g/mol. The molecule has 0 spiro atoms. The summed E-state index contributed by atoms with van der Waals surface area (Å²) in [4.78, 5) is 0. The molecule has 13 heavy (non-hydrogen) atoms. The molecule has 74 valence electrons. The molecular formula is C10H21NSi2. The van der Waals surface area contributed by atoms with Gasteiger partial charge in [0.15, 0.2) is 0 Å². The van der Waals surface area contributed by atoms with E-state index in [4.69, 9.17) is 0 Å². The molecule has 4 bridgehead atoms. The maximum Gasteiger partial charge on any atom is 0.0703 e. The van der Waals surface area contributed by atoms with Crippen LogP contribution < -0.4 is 0 Å². The summed E-state index contributed by atoms with van der Waals surface area (Å²) in [7, 11) is 2.65. The second kappa shape index (κ2) is 2.70. The molecule has 4 aliphatic rings. The van der Waals surface area contributed by atoms with Crippen LogP contribution in [0.4, 0.5) is 0 Å². The van der Waals surface area contributed by atoms with Gasteiger partial charge in [-0.15, -0.1) is 0 Å². The fraction of sp³-hybridized carbons (Fsp3) is 1.00. The molecule has 0 N–H and O–H groups in total. The average molecular weight is 211 g/mol. The first-order valence-corrected chi connectivity index (χ1v) is 7.64. The summed E-state index contributed by atoms with van der Waals surface area (Å²) in [6.07, 6.45) is 9.51. The van der Waals surface area contributed by atoms with Gasteiger partial charge in [-0.1, -0.05) is 0 Å². The van der Waals surface area contributed by atoms with E-state index in [0.29, 0.717) is 0 Å². The normalized spacial score (nSPS) is 53.8. The molecule has 0 saturated heterocycles. The topological polar surface area (TPSA) is 3.24 Å². The minimum absolute atomic E-state index is 0.757. The fourth-order valence-electron chi connectivity index (χ4n) is 4.61. The Bertz CT molecular complexity index is 192. The van der Waals surface area contributed by atoms with E-state index in [1.165, 1.54) is 20.8 Å². The zero-order valence-electron chi connectivity index (χ0n) is 8.92. The van der Waals surface area contributed by atoms with Gasteiger partial charge >= 0.3 is 0 Å². The first-order valence-electron chi connectivity index (χ1n) is 5.85. The molecule has 0 aromatic heterocycles. The van der Waals surface area contributed by atoms with Crippen molar-refractivity contribution in [2.75, 3.05) is 0 Å². The molecule has 0 aromatic rings. The Labute approximate surface area is 87.3 Å². The van der Waals surface area contributed by atoms with Gasteiger partial charge in [0, 0.05) is 5.54 Å². The van der Waals surface area contributed by atoms with Gasteiger partial charge in [-0.25, -0.2) is 0 Å². The predicted molar refractivity (Wildman–Crippen MR) is 62.6 cm³/mol. The summed E-state index contributed by atoms with van der Waals surface area (Å²) in [5, 5.41) is 0. The highest BCUT2D eigenvalue weighted by Gasteiger charge is 2.51. The van der Waals surface area contributed by atoms with Gasteiger partial charge in [0.25, 0.3) is 0 Å². The van der Waals surface area contributed by atoms with Crippen LogP contribution in [0.2, 0.25) is 0 Å². The van der Waals surface area contributed by atoms with Crippen molar-refractivity contribution in [3.05, 3.63) is 0 Å². The van der Waals surface area contributed by atoms with Crippen LogP contribution >= 0.6 is 0 Å². The minimum Gasteiger partial charge on any atom is -0.355 e. The molecule has 0 radical (unpaired) electrons. The molecular weight excluding hydrogens is 190 g/mol. The van der Waals surface area contributed by atoms with E-state index < -0.39 is 0 Å². The molecule has 4 fully saturated rings. The largest absolute Gasteiger partial charge is 0.355 e. The van der Waals surface area contributed by atoms with Gasteiger partial charge in [-0.2, -0.15) is 0 Å². The van der Waals surface area contributed by atoms with Crippen molar-refractivity contribution in [3.8, 4) is 0 Å². The Balaban J connectivity index is 1.91. The van der Waals surface area contributed by atoms with Crippen LogP contribution in [0.25, 0.3) is 0 Å². The molecule has 0 heterocycles. The standard InChI is InChI=1S/C10H21NSi2/c12-11(13)10-4-7-1-8(5-10)3-9(2-7)6-10/h7-9H,1-6H2,12-13H3. The van der Waals surface area contributed by atoms with E-state index in [0.717, 1.165) is 23.3 Å². The van der Waals surface area contributed by atoms with Crippen molar-refractivity contribution in [2.45, 2.75) is 44.1 Å². The quantitative estimate of drug-likeness (QED) is 0.544. The Morgan fingerprint density at radius 3 is 1.54 bits per heavy atom. The van der Waals surface area contributed by atoms with Gasteiger partial charge in [0.2, 0.25) is 0 Å². The van der Waals surface area contributed by atoms with Crippen molar-refractivity contribution < 1.29 is 0 Å². The average Bonchev–Trinajstić information content (AvgIpc) is 2.00. The third kappa shape index (κ3) is 1.20. The smallest absolute Gasteiger partial charge is 0.0703 e. The van der Waals surface area contributed by atoms with Crippen molar-refractivity contribution in [3.63, 3.8) is 0 Å². The summed E-state index contributed by atoms with van der Waals surface area (Å²) in [5.41, 5.74) is 0.757. The third-order valence-electron chi connectivity index (χ3n) is 4.95. The molecule has 0 aliphatic heterocycles. The van der Waals surface area contributed by atoms with Crippen molar-refractivity contribution in [1.82, 2.24) is 4.23 Å². The fourth-order valence-corrected chi connectivity index (χ4v) is 5.71.